The van der Waals surface area contributed by atoms with Crippen molar-refractivity contribution in [1.82, 2.24) is 0 Å². The summed E-state index contributed by atoms with van der Waals surface area (Å²) in [7, 11) is -4.56. The molecule has 7 nitrogen and oxygen atoms in total. The zero-order chi connectivity index (χ0) is 13.5. The Morgan fingerprint density at radius 1 is 1.11 bits per heavy atom. The molecule has 0 aromatic heterocycles. The number of benzene rings is 2. The smallest absolute Gasteiger partial charge is 0.428 e. The molecule has 2 rings (SSSR count). The molecule has 18 heavy (non-hydrogen) atoms. The molecule has 0 heterocycles. The lowest BCUT2D eigenvalue weighted by atomic mass is 10.1. The lowest BCUT2D eigenvalue weighted by molar-refractivity contribution is 0.471. The maximum Gasteiger partial charge on any atom is 0.428 e. The van der Waals surface area contributed by atoms with Gasteiger partial charge in [0.1, 0.15) is 10.6 Å². The van der Waals surface area contributed by atoms with E-state index in [1.165, 1.54) is 12.1 Å². The van der Waals surface area contributed by atoms with Crippen LogP contribution in [0.25, 0.3) is 15.7 Å². The average Bonchev–Trinajstić information content (AvgIpc) is 2.28. The molecule has 0 amide bonds. The third-order valence-electron chi connectivity index (χ3n) is 2.42. The van der Waals surface area contributed by atoms with E-state index in [9.17, 15) is 18.6 Å². The van der Waals surface area contributed by atoms with Crippen LogP contribution >= 0.6 is 0 Å². The summed E-state index contributed by atoms with van der Waals surface area (Å²) in [6.45, 7) is 0. The lowest BCUT2D eigenvalue weighted by Crippen LogP contribution is -1.99. The Bertz CT molecular complexity index is 792. The second-order valence-electron chi connectivity index (χ2n) is 3.55. The molecule has 2 aromatic rings. The average molecular weight is 267 g/mol. The summed E-state index contributed by atoms with van der Waals surface area (Å²) in [5.41, 5.74) is -0.430. The number of diazo groups is 1. The predicted octanol–water partition coefficient (Wildman–Crippen LogP) is 1.98. The quantitative estimate of drug-likeness (QED) is 0.536. The Balaban J connectivity index is 3.06. The normalized spacial score (nSPS) is 11.3. The maximum atomic E-state index is 11.2. The van der Waals surface area contributed by atoms with Crippen LogP contribution in [0.1, 0.15) is 0 Å². The van der Waals surface area contributed by atoms with Gasteiger partial charge in [0.15, 0.2) is 4.98 Å². The van der Waals surface area contributed by atoms with Crippen LogP contribution in [0.15, 0.2) is 29.2 Å². The summed E-state index contributed by atoms with van der Waals surface area (Å²) in [4.78, 5) is 2.19. The first-order valence-electron chi connectivity index (χ1n) is 4.66. The highest BCUT2D eigenvalue weighted by molar-refractivity contribution is 7.86. The highest BCUT2D eigenvalue weighted by Crippen LogP contribution is 2.40. The highest BCUT2D eigenvalue weighted by Gasteiger charge is 2.25. The standard InChI is InChI=1S/C10H6N2O5S/c11-12-8-4-9(18(15,16)17)6-2-1-5(13)3-7(6)10(8)14/h1-4,11H,(H,15,16,17)/p+1. The largest absolute Gasteiger partial charge is 0.508 e. The molecular weight excluding hydrogens is 260 g/mol. The van der Waals surface area contributed by atoms with Crippen LogP contribution < -0.4 is 0 Å². The van der Waals surface area contributed by atoms with Gasteiger partial charge in [-0.25, -0.2) is 0 Å². The van der Waals surface area contributed by atoms with Crippen molar-refractivity contribution in [3.8, 4) is 11.5 Å². The third-order valence-corrected chi connectivity index (χ3v) is 3.31. The van der Waals surface area contributed by atoms with Gasteiger partial charge in [-0.1, -0.05) is 0 Å². The first-order valence-corrected chi connectivity index (χ1v) is 6.10. The minimum absolute atomic E-state index is 0.000185. The molecule has 0 bridgehead atoms. The van der Waals surface area contributed by atoms with Crippen LogP contribution in [-0.4, -0.2) is 23.2 Å². The van der Waals surface area contributed by atoms with E-state index in [2.05, 4.69) is 4.98 Å². The van der Waals surface area contributed by atoms with E-state index >= 15 is 0 Å². The highest BCUT2D eigenvalue weighted by atomic mass is 32.2. The number of phenols is 2. The molecule has 0 unspecified atom stereocenters. The van der Waals surface area contributed by atoms with Gasteiger partial charge in [-0.3, -0.25) is 4.55 Å². The number of rotatable bonds is 1. The van der Waals surface area contributed by atoms with Crippen molar-refractivity contribution in [1.29, 1.82) is 5.39 Å². The molecular formula is C10H7N2O5S+. The fraction of sp³-hybridized carbons (Fsp3) is 0. The summed E-state index contributed by atoms with van der Waals surface area (Å²) in [6.07, 6.45) is 0. The van der Waals surface area contributed by atoms with Crippen LogP contribution in [-0.2, 0) is 10.1 Å². The Hall–Kier alpha value is -2.37. The minimum atomic E-state index is -4.56. The summed E-state index contributed by atoms with van der Waals surface area (Å²) < 4.78 is 31.5. The summed E-state index contributed by atoms with van der Waals surface area (Å²) >= 11 is 0. The lowest BCUT2D eigenvalue weighted by Gasteiger charge is -2.04. The van der Waals surface area contributed by atoms with Crippen molar-refractivity contribution >= 4 is 26.6 Å². The first kappa shape index (κ1) is 12.1. The molecule has 92 valence electrons. The zero-order valence-electron chi connectivity index (χ0n) is 8.77. The summed E-state index contributed by atoms with van der Waals surface area (Å²) in [6, 6.07) is 4.33. The van der Waals surface area contributed by atoms with Crippen molar-refractivity contribution in [2.75, 3.05) is 0 Å². The fourth-order valence-electron chi connectivity index (χ4n) is 1.64. The molecule has 0 atom stereocenters. The number of fused-ring (bicyclic) bond motifs is 1. The third kappa shape index (κ3) is 1.81. The molecule has 0 saturated heterocycles. The molecule has 0 aliphatic heterocycles. The van der Waals surface area contributed by atoms with E-state index in [0.717, 1.165) is 12.1 Å². The number of nitrogens with zero attached hydrogens (tertiary/aromatic N) is 2. The van der Waals surface area contributed by atoms with Gasteiger partial charge in [-0.05, 0) is 18.2 Å². The summed E-state index contributed by atoms with van der Waals surface area (Å²) in [5.74, 6) is -0.718. The molecule has 0 fully saturated rings. The van der Waals surface area contributed by atoms with E-state index in [4.69, 9.17) is 9.95 Å². The molecule has 2 aromatic carbocycles. The van der Waals surface area contributed by atoms with E-state index in [-0.39, 0.29) is 16.5 Å². The number of aromatic hydroxyl groups is 2. The maximum absolute atomic E-state index is 11.2. The van der Waals surface area contributed by atoms with E-state index in [1.54, 1.807) is 0 Å². The van der Waals surface area contributed by atoms with Crippen LogP contribution in [0.5, 0.6) is 11.5 Å². The topological polar surface area (TPSA) is 123 Å². The van der Waals surface area contributed by atoms with Crippen LogP contribution in [0.2, 0.25) is 0 Å². The Kier molecular flexibility index (Phi) is 2.58. The van der Waals surface area contributed by atoms with Crippen LogP contribution in [0, 0.1) is 5.39 Å². The van der Waals surface area contributed by atoms with Gasteiger partial charge in [0.2, 0.25) is 11.1 Å². The van der Waals surface area contributed by atoms with E-state index < -0.39 is 26.5 Å². The van der Waals surface area contributed by atoms with Crippen molar-refractivity contribution in [2.24, 2.45) is 0 Å². The monoisotopic (exact) mass is 267 g/mol. The first-order chi connectivity index (χ1) is 8.34. The molecule has 0 saturated carbocycles. The summed E-state index contributed by atoms with van der Waals surface area (Å²) in [5, 5.41) is 27.6. The van der Waals surface area contributed by atoms with E-state index in [0.29, 0.717) is 0 Å². The van der Waals surface area contributed by atoms with Gasteiger partial charge in [-0.2, -0.15) is 8.42 Å². The van der Waals surface area contributed by atoms with Gasteiger partial charge >= 0.3 is 5.69 Å². The van der Waals surface area contributed by atoms with Gasteiger partial charge in [0, 0.05) is 10.8 Å². The van der Waals surface area contributed by atoms with Gasteiger partial charge in [-0.15, -0.1) is 0 Å². The van der Waals surface area contributed by atoms with Gasteiger partial charge < -0.3 is 10.2 Å². The van der Waals surface area contributed by atoms with Gasteiger partial charge in [0.05, 0.1) is 6.07 Å². The van der Waals surface area contributed by atoms with Crippen molar-refractivity contribution in [3.63, 3.8) is 0 Å². The Labute approximate surface area is 101 Å². The minimum Gasteiger partial charge on any atom is -0.508 e. The number of phenolic OH excluding ortho intramolecular Hbond substituents is 2. The van der Waals surface area contributed by atoms with E-state index in [1.807, 2.05) is 0 Å². The number of hydrogen-bond acceptors (Lipinski definition) is 5. The molecule has 8 heteroatoms. The van der Waals surface area contributed by atoms with Crippen LogP contribution in [0.4, 0.5) is 5.69 Å². The molecule has 3 N–H and O–H groups in total. The molecule has 0 aliphatic carbocycles. The predicted molar refractivity (Wildman–Crippen MR) is 61.8 cm³/mol. The Morgan fingerprint density at radius 2 is 1.78 bits per heavy atom. The zero-order valence-corrected chi connectivity index (χ0v) is 9.59. The fourth-order valence-corrected chi connectivity index (χ4v) is 2.36. The Morgan fingerprint density at radius 3 is 2.33 bits per heavy atom. The second-order valence-corrected chi connectivity index (χ2v) is 4.94. The number of hydrogen-bond donors (Lipinski definition) is 3. The van der Waals surface area contributed by atoms with Crippen LogP contribution in [0.3, 0.4) is 0 Å². The molecule has 0 aliphatic rings. The van der Waals surface area contributed by atoms with Gasteiger partial charge in [0.25, 0.3) is 10.1 Å². The van der Waals surface area contributed by atoms with Crippen molar-refractivity contribution < 1.29 is 23.2 Å². The SMILES string of the molecule is N#[N+]c1cc(S(=O)(=O)O)c2ccc(O)cc2c1O. The van der Waals surface area contributed by atoms with Crippen molar-refractivity contribution in [3.05, 3.63) is 29.2 Å². The second kappa shape index (κ2) is 3.83. The van der Waals surface area contributed by atoms with Crippen molar-refractivity contribution in [2.45, 2.75) is 4.90 Å². The molecule has 0 spiro atoms. The molecule has 0 radical (unpaired) electrons.